The van der Waals surface area contributed by atoms with Crippen LogP contribution in [0.1, 0.15) is 19.5 Å². The van der Waals surface area contributed by atoms with Crippen molar-refractivity contribution in [1.29, 1.82) is 0 Å². The summed E-state index contributed by atoms with van der Waals surface area (Å²) in [7, 11) is 0. The van der Waals surface area contributed by atoms with Gasteiger partial charge in [-0.2, -0.15) is 0 Å². The van der Waals surface area contributed by atoms with E-state index in [0.29, 0.717) is 0 Å². The van der Waals surface area contributed by atoms with Crippen LogP contribution in [0.25, 0.3) is 11.4 Å². The molecule has 0 atom stereocenters. The quantitative estimate of drug-likeness (QED) is 0.523. The largest absolute Gasteiger partial charge is 0.399 e. The third-order valence-corrected chi connectivity index (χ3v) is 5.75. The second-order valence-electron chi connectivity index (χ2n) is 6.44. The van der Waals surface area contributed by atoms with Crippen molar-refractivity contribution < 1.29 is 4.74 Å². The van der Waals surface area contributed by atoms with E-state index in [1.807, 2.05) is 24.3 Å². The zero-order chi connectivity index (χ0) is 17.2. The van der Waals surface area contributed by atoms with Crippen LogP contribution in [0.5, 0.6) is 0 Å². The maximum absolute atomic E-state index is 5.81. The average molecular weight is 345 g/mol. The number of hydrogen-bond donors (Lipinski definition) is 1. The molecule has 6 heteroatoms. The number of hydrogen-bond acceptors (Lipinski definition) is 5. The molecule has 0 amide bonds. The van der Waals surface area contributed by atoms with Crippen LogP contribution in [-0.2, 0) is 21.2 Å². The van der Waals surface area contributed by atoms with E-state index in [2.05, 4.69) is 31.1 Å². The SMILES string of the molecule is C[SH+]C(C)(C)c1cc(N2CCOCC2)nc(-c2ccc(N)cc2)n1. The molecule has 0 unspecified atom stereocenters. The second kappa shape index (κ2) is 6.99. The molecule has 1 saturated heterocycles. The number of nitrogen functional groups attached to an aromatic ring is 1. The van der Waals surface area contributed by atoms with Crippen molar-refractivity contribution in [3.63, 3.8) is 0 Å². The van der Waals surface area contributed by atoms with Crippen molar-refractivity contribution in [2.75, 3.05) is 43.2 Å². The summed E-state index contributed by atoms with van der Waals surface area (Å²) in [5.74, 6) is 1.73. The van der Waals surface area contributed by atoms with Crippen LogP contribution in [0.4, 0.5) is 11.5 Å². The Morgan fingerprint density at radius 3 is 2.42 bits per heavy atom. The van der Waals surface area contributed by atoms with Crippen LogP contribution in [0.15, 0.2) is 30.3 Å². The van der Waals surface area contributed by atoms with Gasteiger partial charge in [0, 0.05) is 30.4 Å². The minimum Gasteiger partial charge on any atom is -0.399 e. The van der Waals surface area contributed by atoms with Crippen LogP contribution in [0.3, 0.4) is 0 Å². The highest BCUT2D eigenvalue weighted by atomic mass is 32.2. The normalized spacial score (nSPS) is 15.5. The molecule has 1 fully saturated rings. The third kappa shape index (κ3) is 3.65. The van der Waals surface area contributed by atoms with Crippen LogP contribution in [0, 0.1) is 0 Å². The van der Waals surface area contributed by atoms with Gasteiger partial charge in [0.2, 0.25) is 0 Å². The van der Waals surface area contributed by atoms with Gasteiger partial charge in [0.1, 0.15) is 11.5 Å². The Balaban J connectivity index is 2.06. The number of nitrogens with two attached hydrogens (primary N) is 1. The molecule has 0 radical (unpaired) electrons. The van der Waals surface area contributed by atoms with E-state index in [-0.39, 0.29) is 4.75 Å². The maximum Gasteiger partial charge on any atom is 0.161 e. The van der Waals surface area contributed by atoms with E-state index in [0.717, 1.165) is 54.9 Å². The Bertz CT molecular complexity index is 697. The van der Waals surface area contributed by atoms with E-state index >= 15 is 0 Å². The summed E-state index contributed by atoms with van der Waals surface area (Å²) in [5.41, 5.74) is 8.61. The summed E-state index contributed by atoms with van der Waals surface area (Å²) in [4.78, 5) is 11.9. The fourth-order valence-electron chi connectivity index (χ4n) is 2.58. The zero-order valence-electron chi connectivity index (χ0n) is 14.5. The first-order chi connectivity index (χ1) is 11.5. The molecule has 0 saturated carbocycles. The van der Waals surface area contributed by atoms with Crippen molar-refractivity contribution in [1.82, 2.24) is 9.97 Å². The highest BCUT2D eigenvalue weighted by Crippen LogP contribution is 2.29. The van der Waals surface area contributed by atoms with Gasteiger partial charge < -0.3 is 15.4 Å². The lowest BCUT2D eigenvalue weighted by molar-refractivity contribution is 0.122. The lowest BCUT2D eigenvalue weighted by Gasteiger charge is -2.29. The molecule has 0 aliphatic carbocycles. The molecule has 1 aromatic heterocycles. The van der Waals surface area contributed by atoms with Gasteiger partial charge in [-0.05, 0) is 49.9 Å². The molecule has 2 heterocycles. The molecule has 5 nitrogen and oxygen atoms in total. The van der Waals surface area contributed by atoms with Crippen molar-refractivity contribution >= 4 is 23.3 Å². The summed E-state index contributed by atoms with van der Waals surface area (Å²) < 4.78 is 5.45. The molecule has 0 bridgehead atoms. The molecule has 2 aromatic rings. The minimum atomic E-state index is -0.0213. The number of anilines is 2. The summed E-state index contributed by atoms with van der Waals surface area (Å²) in [6, 6.07) is 9.87. The number of nitrogens with zero attached hydrogens (tertiary/aromatic N) is 3. The Hall–Kier alpha value is -1.79. The zero-order valence-corrected chi connectivity index (χ0v) is 15.4. The summed E-state index contributed by atoms with van der Waals surface area (Å²) in [6.45, 7) is 7.64. The molecule has 1 aliphatic heterocycles. The van der Waals surface area contributed by atoms with Crippen LogP contribution in [0.2, 0.25) is 0 Å². The lowest BCUT2D eigenvalue weighted by atomic mass is 10.1. The summed E-state index contributed by atoms with van der Waals surface area (Å²) >= 11 is 1.28. The summed E-state index contributed by atoms with van der Waals surface area (Å²) in [5, 5.41) is 0. The Labute approximate surface area is 147 Å². The highest BCUT2D eigenvalue weighted by molar-refractivity contribution is 7.78. The van der Waals surface area contributed by atoms with Gasteiger partial charge in [0.05, 0.1) is 19.5 Å². The molecule has 0 spiro atoms. The lowest BCUT2D eigenvalue weighted by Crippen LogP contribution is -2.37. The Kier molecular flexibility index (Phi) is 4.96. The Morgan fingerprint density at radius 1 is 1.12 bits per heavy atom. The standard InChI is InChI=1S/C18H24N4OS/c1-18(2,24-3)15-12-16(22-8-10-23-11-9-22)21-17(20-15)13-4-6-14(19)7-5-13/h4-7,12H,8-11,19H2,1-3H3/p+1. The van der Waals surface area contributed by atoms with Gasteiger partial charge in [-0.15, -0.1) is 0 Å². The molecule has 2 N–H and O–H groups in total. The van der Waals surface area contributed by atoms with Crippen molar-refractivity contribution in [2.24, 2.45) is 0 Å². The van der Waals surface area contributed by atoms with Crippen molar-refractivity contribution in [2.45, 2.75) is 18.6 Å². The molecule has 1 aliphatic rings. The first-order valence-electron chi connectivity index (χ1n) is 8.19. The van der Waals surface area contributed by atoms with Crippen LogP contribution < -0.4 is 10.6 Å². The molecule has 3 rings (SSSR count). The predicted octanol–water partition coefficient (Wildman–Crippen LogP) is 2.24. The molecule has 24 heavy (non-hydrogen) atoms. The van der Waals surface area contributed by atoms with Gasteiger partial charge in [0.25, 0.3) is 0 Å². The molecular weight excluding hydrogens is 320 g/mol. The number of benzene rings is 1. The average Bonchev–Trinajstić information content (AvgIpc) is 2.62. The molecular formula is C18H25N4OS+. The fraction of sp³-hybridized carbons (Fsp3) is 0.444. The number of ether oxygens (including phenoxy) is 1. The minimum absolute atomic E-state index is 0.0213. The van der Waals surface area contributed by atoms with E-state index in [9.17, 15) is 0 Å². The molecule has 128 valence electrons. The smallest absolute Gasteiger partial charge is 0.161 e. The van der Waals surface area contributed by atoms with E-state index in [1.165, 1.54) is 11.8 Å². The van der Waals surface area contributed by atoms with Crippen molar-refractivity contribution in [3.05, 3.63) is 36.0 Å². The Morgan fingerprint density at radius 2 is 1.79 bits per heavy atom. The van der Waals surface area contributed by atoms with E-state index in [4.69, 9.17) is 20.4 Å². The first kappa shape index (κ1) is 17.0. The maximum atomic E-state index is 5.81. The first-order valence-corrected chi connectivity index (χ1v) is 9.53. The van der Waals surface area contributed by atoms with Gasteiger partial charge >= 0.3 is 0 Å². The number of rotatable bonds is 4. The van der Waals surface area contributed by atoms with Gasteiger partial charge in [0.15, 0.2) is 10.6 Å². The third-order valence-electron chi connectivity index (χ3n) is 4.40. The predicted molar refractivity (Wildman–Crippen MR) is 103 cm³/mol. The van der Waals surface area contributed by atoms with Crippen molar-refractivity contribution in [3.8, 4) is 11.4 Å². The number of aromatic nitrogens is 2. The highest BCUT2D eigenvalue weighted by Gasteiger charge is 2.30. The van der Waals surface area contributed by atoms with Gasteiger partial charge in [-0.3, -0.25) is 0 Å². The summed E-state index contributed by atoms with van der Waals surface area (Å²) in [6.07, 6.45) is 2.17. The number of thiol groups is 1. The molecule has 1 aromatic carbocycles. The van der Waals surface area contributed by atoms with Crippen LogP contribution >= 0.6 is 0 Å². The second-order valence-corrected chi connectivity index (χ2v) is 8.00. The van der Waals surface area contributed by atoms with E-state index in [1.54, 1.807) is 0 Å². The van der Waals surface area contributed by atoms with E-state index < -0.39 is 0 Å². The van der Waals surface area contributed by atoms with Crippen LogP contribution in [-0.4, -0.2) is 42.5 Å². The topological polar surface area (TPSA) is 64.3 Å². The monoisotopic (exact) mass is 345 g/mol. The number of morpholine rings is 1. The van der Waals surface area contributed by atoms with Gasteiger partial charge in [-0.25, -0.2) is 9.97 Å². The fourth-order valence-corrected chi connectivity index (χ4v) is 2.92. The van der Waals surface area contributed by atoms with Gasteiger partial charge in [-0.1, -0.05) is 0 Å².